The topological polar surface area (TPSA) is 32.3 Å². The van der Waals surface area contributed by atoms with Crippen LogP contribution in [0.3, 0.4) is 0 Å². The zero-order valence-electron chi connectivity index (χ0n) is 10.9. The molecule has 0 spiro atoms. The quantitative estimate of drug-likeness (QED) is 0.895. The molecule has 0 bridgehead atoms. The van der Waals surface area contributed by atoms with Crippen LogP contribution in [-0.4, -0.2) is 36.5 Å². The highest BCUT2D eigenvalue weighted by molar-refractivity contribution is 9.11. The molecule has 0 aliphatic carbocycles. The number of likely N-dealkylation sites (tertiary alicyclic amines) is 1. The number of halogens is 1. The Balaban J connectivity index is 1.56. The monoisotopic (exact) mass is 342 g/mol. The first-order chi connectivity index (χ1) is 9.24. The number of thiophene rings is 1. The molecule has 1 aromatic heterocycles. The van der Waals surface area contributed by atoms with Gasteiger partial charge in [-0.1, -0.05) is 0 Å². The molecule has 0 radical (unpaired) electrons. The summed E-state index contributed by atoms with van der Waals surface area (Å²) in [6, 6.07) is 2.63. The molecule has 2 aliphatic rings. The average molecular weight is 343 g/mol. The summed E-state index contributed by atoms with van der Waals surface area (Å²) in [4.78, 5) is 14.4. The summed E-state index contributed by atoms with van der Waals surface area (Å²) in [6.07, 6.45) is 4.92. The largest absolute Gasteiger partial charge is 0.339 e. The Morgan fingerprint density at radius 3 is 2.74 bits per heavy atom. The fourth-order valence-electron chi connectivity index (χ4n) is 3.22. The van der Waals surface area contributed by atoms with Crippen molar-refractivity contribution >= 4 is 33.2 Å². The number of nitrogens with one attached hydrogen (secondary N) is 1. The van der Waals surface area contributed by atoms with Crippen molar-refractivity contribution in [2.75, 3.05) is 19.6 Å². The molecule has 3 nitrogen and oxygen atoms in total. The molecule has 5 heteroatoms. The molecule has 1 atom stereocenters. The number of carbonyl (C=O) groups excluding carboxylic acids is 1. The van der Waals surface area contributed by atoms with Crippen LogP contribution in [0.1, 0.15) is 36.0 Å². The van der Waals surface area contributed by atoms with E-state index in [0.29, 0.717) is 6.04 Å². The second-order valence-corrected chi connectivity index (χ2v) is 7.76. The highest BCUT2D eigenvalue weighted by Crippen LogP contribution is 2.27. The number of hydrogen-bond donors (Lipinski definition) is 1. The third kappa shape index (κ3) is 3.03. The van der Waals surface area contributed by atoms with Gasteiger partial charge in [-0.2, -0.15) is 0 Å². The molecule has 19 heavy (non-hydrogen) atoms. The molecule has 0 saturated carbocycles. The lowest BCUT2D eigenvalue weighted by Crippen LogP contribution is -2.43. The van der Waals surface area contributed by atoms with Crippen LogP contribution in [0.4, 0.5) is 0 Å². The van der Waals surface area contributed by atoms with E-state index in [0.717, 1.165) is 41.2 Å². The molecule has 2 aliphatic heterocycles. The Morgan fingerprint density at radius 1 is 1.37 bits per heavy atom. The maximum atomic E-state index is 12.3. The van der Waals surface area contributed by atoms with Gasteiger partial charge in [-0.05, 0) is 60.1 Å². The van der Waals surface area contributed by atoms with Gasteiger partial charge in [-0.15, -0.1) is 11.3 Å². The Labute approximate surface area is 126 Å². The Bertz CT molecular complexity index is 448. The minimum atomic E-state index is 0.194. The van der Waals surface area contributed by atoms with E-state index in [1.165, 1.54) is 19.4 Å². The van der Waals surface area contributed by atoms with Crippen molar-refractivity contribution in [1.29, 1.82) is 0 Å². The van der Waals surface area contributed by atoms with Crippen molar-refractivity contribution < 1.29 is 4.79 Å². The predicted octanol–water partition coefficient (Wildman–Crippen LogP) is 3.11. The molecule has 3 rings (SSSR count). The highest BCUT2D eigenvalue weighted by Gasteiger charge is 2.30. The summed E-state index contributed by atoms with van der Waals surface area (Å²) in [5, 5.41) is 5.54. The first kappa shape index (κ1) is 13.6. The summed E-state index contributed by atoms with van der Waals surface area (Å²) < 4.78 is 1.03. The Morgan fingerprint density at radius 2 is 2.16 bits per heavy atom. The van der Waals surface area contributed by atoms with Gasteiger partial charge in [0.2, 0.25) is 0 Å². The van der Waals surface area contributed by atoms with Gasteiger partial charge in [-0.3, -0.25) is 4.79 Å². The maximum absolute atomic E-state index is 12.3. The van der Waals surface area contributed by atoms with Gasteiger partial charge in [0.25, 0.3) is 5.91 Å². The summed E-state index contributed by atoms with van der Waals surface area (Å²) in [6.45, 7) is 3.00. The fraction of sp³-hybridized carbons (Fsp3) is 0.643. The van der Waals surface area contributed by atoms with Crippen LogP contribution in [-0.2, 0) is 0 Å². The van der Waals surface area contributed by atoms with Gasteiger partial charge in [0.15, 0.2) is 0 Å². The summed E-state index contributed by atoms with van der Waals surface area (Å²) in [5.41, 5.74) is 0.828. The molecule has 3 heterocycles. The van der Waals surface area contributed by atoms with E-state index in [4.69, 9.17) is 0 Å². The number of hydrogen-bond acceptors (Lipinski definition) is 3. The van der Waals surface area contributed by atoms with E-state index in [1.807, 2.05) is 16.3 Å². The molecule has 2 saturated heterocycles. The molecule has 1 unspecified atom stereocenters. The van der Waals surface area contributed by atoms with Crippen molar-refractivity contribution in [2.45, 2.75) is 31.7 Å². The zero-order chi connectivity index (χ0) is 13.2. The van der Waals surface area contributed by atoms with E-state index < -0.39 is 0 Å². The van der Waals surface area contributed by atoms with Gasteiger partial charge in [0.05, 0.1) is 9.35 Å². The molecule has 0 aromatic carbocycles. The fourth-order valence-corrected chi connectivity index (χ4v) is 4.35. The van der Waals surface area contributed by atoms with E-state index in [-0.39, 0.29) is 5.91 Å². The van der Waals surface area contributed by atoms with Gasteiger partial charge in [0, 0.05) is 24.5 Å². The normalized spacial score (nSPS) is 24.9. The van der Waals surface area contributed by atoms with Crippen LogP contribution in [0.15, 0.2) is 15.2 Å². The van der Waals surface area contributed by atoms with Gasteiger partial charge < -0.3 is 10.2 Å². The molecule has 104 valence electrons. The third-order valence-electron chi connectivity index (χ3n) is 4.31. The van der Waals surface area contributed by atoms with Crippen LogP contribution in [0.25, 0.3) is 0 Å². The van der Waals surface area contributed by atoms with E-state index in [9.17, 15) is 4.79 Å². The van der Waals surface area contributed by atoms with Crippen molar-refractivity contribution in [2.24, 2.45) is 5.92 Å². The highest BCUT2D eigenvalue weighted by atomic mass is 79.9. The first-order valence-corrected chi connectivity index (χ1v) is 8.68. The summed E-state index contributed by atoms with van der Waals surface area (Å²) in [7, 11) is 0. The van der Waals surface area contributed by atoms with Gasteiger partial charge in [-0.25, -0.2) is 0 Å². The minimum absolute atomic E-state index is 0.194. The number of nitrogens with zero attached hydrogens (tertiary/aromatic N) is 1. The number of amides is 1. The van der Waals surface area contributed by atoms with Crippen molar-refractivity contribution in [3.8, 4) is 0 Å². The van der Waals surface area contributed by atoms with Crippen molar-refractivity contribution in [3.05, 3.63) is 20.8 Å². The van der Waals surface area contributed by atoms with Crippen LogP contribution >= 0.6 is 27.3 Å². The van der Waals surface area contributed by atoms with Crippen molar-refractivity contribution in [3.63, 3.8) is 0 Å². The Kier molecular flexibility index (Phi) is 4.24. The lowest BCUT2D eigenvalue weighted by atomic mass is 9.88. The maximum Gasteiger partial charge on any atom is 0.254 e. The first-order valence-electron chi connectivity index (χ1n) is 7.01. The van der Waals surface area contributed by atoms with E-state index >= 15 is 0 Å². The van der Waals surface area contributed by atoms with E-state index in [2.05, 4.69) is 21.2 Å². The number of carbonyl (C=O) groups is 1. The lowest BCUT2D eigenvalue weighted by molar-refractivity contribution is 0.0675. The van der Waals surface area contributed by atoms with Crippen LogP contribution in [0.2, 0.25) is 0 Å². The predicted molar refractivity (Wildman–Crippen MR) is 81.7 cm³/mol. The van der Waals surface area contributed by atoms with Crippen molar-refractivity contribution in [1.82, 2.24) is 10.2 Å². The van der Waals surface area contributed by atoms with Crippen LogP contribution in [0, 0.1) is 5.92 Å². The third-order valence-corrected chi connectivity index (χ3v) is 5.81. The Hall–Kier alpha value is -0.390. The molecule has 1 amide bonds. The van der Waals surface area contributed by atoms with E-state index in [1.54, 1.807) is 11.3 Å². The number of piperidine rings is 1. The second-order valence-electron chi connectivity index (χ2n) is 5.47. The molecular formula is C14H19BrN2OS. The molecular weight excluding hydrogens is 324 g/mol. The van der Waals surface area contributed by atoms with Gasteiger partial charge >= 0.3 is 0 Å². The molecule has 2 fully saturated rings. The average Bonchev–Trinajstić information content (AvgIpc) is 3.09. The standard InChI is InChI=1S/C14H19BrN2OS/c15-13-8-11(9-19-13)14(18)17-6-3-10(4-7-17)12-2-1-5-16-12/h8-10,12,16H,1-7H2. The lowest BCUT2D eigenvalue weighted by Gasteiger charge is -2.34. The smallest absolute Gasteiger partial charge is 0.254 e. The summed E-state index contributed by atoms with van der Waals surface area (Å²) in [5.74, 6) is 0.959. The minimum Gasteiger partial charge on any atom is -0.339 e. The van der Waals surface area contributed by atoms with Gasteiger partial charge in [0.1, 0.15) is 0 Å². The zero-order valence-corrected chi connectivity index (χ0v) is 13.3. The number of rotatable bonds is 2. The van der Waals surface area contributed by atoms with Crippen LogP contribution < -0.4 is 5.32 Å². The SMILES string of the molecule is O=C(c1csc(Br)c1)N1CCC(C2CCCN2)CC1. The summed E-state index contributed by atoms with van der Waals surface area (Å²) >= 11 is 5.00. The second kappa shape index (κ2) is 5.94. The molecule has 1 aromatic rings. The molecule has 1 N–H and O–H groups in total. The van der Waals surface area contributed by atoms with Crippen LogP contribution in [0.5, 0.6) is 0 Å².